The molecule has 1 N–H and O–H groups in total. The number of esters is 1. The number of para-hydroxylation sites is 1. The van der Waals surface area contributed by atoms with Gasteiger partial charge in [-0.25, -0.2) is 0 Å². The van der Waals surface area contributed by atoms with Gasteiger partial charge >= 0.3 is 5.97 Å². The lowest BCUT2D eigenvalue weighted by Gasteiger charge is -2.41. The first-order valence-electron chi connectivity index (χ1n) is 13.2. The number of Topliss-reactive ketones (excluding diaryl/α,β-unsaturated/α-hetero) is 1. The maximum absolute atomic E-state index is 13.9. The van der Waals surface area contributed by atoms with Crippen molar-refractivity contribution in [1.29, 1.82) is 0 Å². The van der Waals surface area contributed by atoms with Gasteiger partial charge in [-0.2, -0.15) is 0 Å². The van der Waals surface area contributed by atoms with Crippen molar-refractivity contribution in [3.63, 3.8) is 0 Å². The first-order valence-corrected chi connectivity index (χ1v) is 13.2. The average Bonchev–Trinajstić information content (AvgIpc) is 2.92. The minimum absolute atomic E-state index is 0.0282. The Morgan fingerprint density at radius 3 is 2.41 bits per heavy atom. The zero-order valence-corrected chi connectivity index (χ0v) is 21.6. The van der Waals surface area contributed by atoms with Crippen LogP contribution < -0.4 is 14.8 Å². The van der Waals surface area contributed by atoms with E-state index < -0.39 is 11.8 Å². The Labute approximate surface area is 218 Å². The summed E-state index contributed by atoms with van der Waals surface area (Å²) in [5.74, 6) is -0.510. The van der Waals surface area contributed by atoms with Gasteiger partial charge in [0.15, 0.2) is 17.3 Å². The van der Waals surface area contributed by atoms with Crippen molar-refractivity contribution >= 4 is 11.8 Å². The monoisotopic (exact) mass is 501 g/mol. The number of carbonyl (C=O) groups is 2. The van der Waals surface area contributed by atoms with E-state index in [1.807, 2.05) is 36.4 Å². The van der Waals surface area contributed by atoms with Gasteiger partial charge in [-0.05, 0) is 49.7 Å². The number of hydrogen-bond donors (Lipinski definition) is 1. The molecule has 0 spiro atoms. The molecule has 2 aliphatic carbocycles. The van der Waals surface area contributed by atoms with Crippen molar-refractivity contribution in [2.45, 2.75) is 62.9 Å². The predicted molar refractivity (Wildman–Crippen MR) is 141 cm³/mol. The van der Waals surface area contributed by atoms with E-state index in [-0.39, 0.29) is 23.8 Å². The first-order chi connectivity index (χ1) is 18.0. The van der Waals surface area contributed by atoms with Crippen LogP contribution in [0.15, 0.2) is 72.1 Å². The lowest BCUT2D eigenvalue weighted by molar-refractivity contribution is -0.155. The molecule has 2 aromatic rings. The van der Waals surface area contributed by atoms with E-state index in [1.165, 1.54) is 6.42 Å². The summed E-state index contributed by atoms with van der Waals surface area (Å²) in [5, 5.41) is 3.37. The molecule has 6 nitrogen and oxygen atoms in total. The molecule has 0 radical (unpaired) electrons. The number of ketones is 1. The van der Waals surface area contributed by atoms with Crippen molar-refractivity contribution in [1.82, 2.24) is 5.32 Å². The van der Waals surface area contributed by atoms with Crippen LogP contribution in [0.3, 0.4) is 0 Å². The van der Waals surface area contributed by atoms with E-state index in [0.717, 1.165) is 42.5 Å². The first kappa shape index (κ1) is 25.1. The van der Waals surface area contributed by atoms with E-state index in [2.05, 4.69) is 24.0 Å². The molecule has 0 aromatic heterocycles. The molecule has 1 heterocycles. The summed E-state index contributed by atoms with van der Waals surface area (Å²) in [6.07, 6.45) is 5.98. The summed E-state index contributed by atoms with van der Waals surface area (Å²) in [4.78, 5) is 27.6. The van der Waals surface area contributed by atoms with Crippen LogP contribution >= 0.6 is 0 Å². The van der Waals surface area contributed by atoms with Crippen LogP contribution in [-0.2, 0) is 14.3 Å². The predicted octanol–water partition coefficient (Wildman–Crippen LogP) is 5.80. The van der Waals surface area contributed by atoms with Gasteiger partial charge in [0.1, 0.15) is 12.0 Å². The van der Waals surface area contributed by atoms with E-state index in [0.29, 0.717) is 35.6 Å². The highest BCUT2D eigenvalue weighted by Gasteiger charge is 2.47. The van der Waals surface area contributed by atoms with E-state index in [9.17, 15) is 9.59 Å². The Morgan fingerprint density at radius 1 is 0.946 bits per heavy atom. The molecule has 1 saturated carbocycles. The number of ether oxygens (including phenoxy) is 3. The maximum Gasteiger partial charge on any atom is 0.316 e. The quantitative estimate of drug-likeness (QED) is 0.505. The van der Waals surface area contributed by atoms with Gasteiger partial charge in [0, 0.05) is 34.9 Å². The fourth-order valence-corrected chi connectivity index (χ4v) is 6.20. The normalized spacial score (nSPS) is 24.2. The van der Waals surface area contributed by atoms with Crippen LogP contribution in [0.25, 0.3) is 0 Å². The molecular weight excluding hydrogens is 466 g/mol. The summed E-state index contributed by atoms with van der Waals surface area (Å²) in [6.45, 7) is 4.27. The molecule has 1 aliphatic heterocycles. The molecule has 0 saturated heterocycles. The second-order valence-corrected chi connectivity index (χ2v) is 10.2. The Bertz CT molecular complexity index is 1210. The van der Waals surface area contributed by atoms with Crippen LogP contribution in [-0.4, -0.2) is 32.1 Å². The Hall–Kier alpha value is -3.54. The van der Waals surface area contributed by atoms with Crippen molar-refractivity contribution < 1.29 is 23.8 Å². The highest BCUT2D eigenvalue weighted by molar-refractivity contribution is 6.01. The highest BCUT2D eigenvalue weighted by Crippen LogP contribution is 2.50. The largest absolute Gasteiger partial charge is 0.493 e. The summed E-state index contributed by atoms with van der Waals surface area (Å²) in [5.41, 5.74) is 3.86. The van der Waals surface area contributed by atoms with E-state index in [4.69, 9.17) is 14.2 Å². The second kappa shape index (κ2) is 10.8. The zero-order chi connectivity index (χ0) is 25.9. The van der Waals surface area contributed by atoms with Gasteiger partial charge in [-0.15, -0.1) is 0 Å². The van der Waals surface area contributed by atoms with Gasteiger partial charge < -0.3 is 19.5 Å². The molecule has 0 amide bonds. The topological polar surface area (TPSA) is 73.9 Å². The van der Waals surface area contributed by atoms with Crippen LogP contribution in [0, 0.1) is 5.92 Å². The molecular formula is C31H35NO5. The van der Waals surface area contributed by atoms with Crippen molar-refractivity contribution in [3.8, 4) is 11.5 Å². The SMILES string of the molecule is C=C1NC2=C(C(=O)CC(c3ccccc3)C2)C(c2cccc(OC)c2OC)C1C(=O)OC1CCCCC1. The van der Waals surface area contributed by atoms with Crippen LogP contribution in [0.4, 0.5) is 0 Å². The zero-order valence-electron chi connectivity index (χ0n) is 21.6. The van der Waals surface area contributed by atoms with Crippen LogP contribution in [0.1, 0.15) is 67.9 Å². The molecule has 0 bridgehead atoms. The molecule has 6 heteroatoms. The van der Waals surface area contributed by atoms with E-state index >= 15 is 0 Å². The number of carbonyl (C=O) groups excluding carboxylic acids is 2. The van der Waals surface area contributed by atoms with Crippen molar-refractivity contribution in [2.24, 2.45) is 5.92 Å². The Morgan fingerprint density at radius 2 is 1.70 bits per heavy atom. The highest BCUT2D eigenvalue weighted by atomic mass is 16.5. The van der Waals surface area contributed by atoms with E-state index in [1.54, 1.807) is 14.2 Å². The number of rotatable bonds is 6. The second-order valence-electron chi connectivity index (χ2n) is 10.2. The molecule has 37 heavy (non-hydrogen) atoms. The third-order valence-corrected chi connectivity index (χ3v) is 7.97. The number of benzene rings is 2. The van der Waals surface area contributed by atoms with Crippen LogP contribution in [0.2, 0.25) is 0 Å². The molecule has 3 aliphatic rings. The molecule has 2 aromatic carbocycles. The Kier molecular flexibility index (Phi) is 7.36. The average molecular weight is 502 g/mol. The van der Waals surface area contributed by atoms with Crippen molar-refractivity contribution in [2.75, 3.05) is 14.2 Å². The third-order valence-electron chi connectivity index (χ3n) is 7.97. The van der Waals surface area contributed by atoms with Gasteiger partial charge in [-0.3, -0.25) is 9.59 Å². The number of methoxy groups -OCH3 is 2. The third kappa shape index (κ3) is 4.89. The fraction of sp³-hybridized carbons (Fsp3) is 0.419. The molecule has 194 valence electrons. The minimum Gasteiger partial charge on any atom is -0.493 e. The molecule has 3 unspecified atom stereocenters. The summed E-state index contributed by atoms with van der Waals surface area (Å²) >= 11 is 0. The number of allylic oxidation sites excluding steroid dienone is 2. The lowest BCUT2D eigenvalue weighted by Crippen LogP contribution is -2.43. The molecule has 3 atom stereocenters. The summed E-state index contributed by atoms with van der Waals surface area (Å²) < 4.78 is 17.4. The van der Waals surface area contributed by atoms with Gasteiger partial charge in [0.05, 0.1) is 14.2 Å². The molecule has 1 fully saturated rings. The summed E-state index contributed by atoms with van der Waals surface area (Å²) in [7, 11) is 3.16. The van der Waals surface area contributed by atoms with Gasteiger partial charge in [-0.1, -0.05) is 55.5 Å². The van der Waals surface area contributed by atoms with Gasteiger partial charge in [0.25, 0.3) is 0 Å². The lowest BCUT2D eigenvalue weighted by atomic mass is 9.68. The Balaban J connectivity index is 1.59. The van der Waals surface area contributed by atoms with Crippen LogP contribution in [0.5, 0.6) is 11.5 Å². The number of hydrogen-bond acceptors (Lipinski definition) is 6. The van der Waals surface area contributed by atoms with Crippen molar-refractivity contribution in [3.05, 3.63) is 83.2 Å². The summed E-state index contributed by atoms with van der Waals surface area (Å²) in [6, 6.07) is 15.7. The van der Waals surface area contributed by atoms with Gasteiger partial charge in [0.2, 0.25) is 0 Å². The smallest absolute Gasteiger partial charge is 0.316 e. The number of nitrogens with one attached hydrogen (secondary N) is 1. The molecule has 5 rings (SSSR count). The minimum atomic E-state index is -0.751. The fourth-order valence-electron chi connectivity index (χ4n) is 6.20. The standard InChI is InChI=1S/C31H35NO5/c1-19-27(31(34)37-22-13-8-5-9-14-22)28(23-15-10-16-26(35-2)30(23)36-3)29-24(32-19)17-21(18-25(29)33)20-11-6-4-7-12-20/h4,6-7,10-12,15-16,21-22,27-28,32H,1,5,8-9,13-14,17-18H2,2-3H3. The maximum atomic E-state index is 13.9.